The Bertz CT molecular complexity index is 681. The van der Waals surface area contributed by atoms with Gasteiger partial charge in [-0.3, -0.25) is 9.59 Å². The number of primary amides is 1. The van der Waals surface area contributed by atoms with E-state index in [2.05, 4.69) is 5.32 Å². The van der Waals surface area contributed by atoms with Gasteiger partial charge in [0, 0.05) is 5.56 Å². The predicted octanol–water partition coefficient (Wildman–Crippen LogP) is 2.98. The topological polar surface area (TPSA) is 72.2 Å². The number of carbonyl (C=O) groups is 2. The van der Waals surface area contributed by atoms with Crippen molar-refractivity contribution in [3.63, 3.8) is 0 Å². The van der Waals surface area contributed by atoms with Crippen molar-refractivity contribution in [1.82, 2.24) is 5.32 Å². The second kappa shape index (κ2) is 7.58. The van der Waals surface area contributed by atoms with E-state index in [1.54, 1.807) is 6.07 Å². The van der Waals surface area contributed by atoms with Gasteiger partial charge in [-0.05, 0) is 29.5 Å². The molecule has 0 saturated heterocycles. The fourth-order valence-electron chi connectivity index (χ4n) is 2.50. The minimum absolute atomic E-state index is 0.261. The predicted molar refractivity (Wildman–Crippen MR) is 91.8 cm³/mol. The van der Waals surface area contributed by atoms with Gasteiger partial charge in [-0.25, -0.2) is 0 Å². The molecule has 0 heterocycles. The molecule has 0 aromatic heterocycles. The fraction of sp³-hybridized carbons (Fsp3) is 0.263. The number of hydrogen-bond donors (Lipinski definition) is 2. The highest BCUT2D eigenvalue weighted by Crippen LogP contribution is 2.23. The van der Waals surface area contributed by atoms with E-state index in [9.17, 15) is 9.59 Å². The maximum atomic E-state index is 12.6. The third-order valence-corrected chi connectivity index (χ3v) is 3.61. The van der Waals surface area contributed by atoms with E-state index in [0.29, 0.717) is 12.0 Å². The fourth-order valence-corrected chi connectivity index (χ4v) is 2.50. The summed E-state index contributed by atoms with van der Waals surface area (Å²) in [7, 11) is 0. The van der Waals surface area contributed by atoms with E-state index < -0.39 is 11.9 Å². The Kier molecular flexibility index (Phi) is 5.52. The molecule has 120 valence electrons. The van der Waals surface area contributed by atoms with Gasteiger partial charge in [-0.2, -0.15) is 0 Å². The van der Waals surface area contributed by atoms with E-state index in [0.717, 1.165) is 11.1 Å². The minimum atomic E-state index is -0.661. The number of benzene rings is 2. The van der Waals surface area contributed by atoms with Crippen LogP contribution in [-0.2, 0) is 4.79 Å². The number of hydrogen-bond acceptors (Lipinski definition) is 2. The Morgan fingerprint density at radius 2 is 1.61 bits per heavy atom. The molecule has 4 heteroatoms. The normalized spacial score (nSPS) is 12.0. The molecule has 2 amide bonds. The first kappa shape index (κ1) is 16.7. The first-order valence-electron chi connectivity index (χ1n) is 7.73. The highest BCUT2D eigenvalue weighted by Gasteiger charge is 2.21. The number of carbonyl (C=O) groups excluding carboxylic acids is 2. The van der Waals surface area contributed by atoms with E-state index >= 15 is 0 Å². The summed E-state index contributed by atoms with van der Waals surface area (Å²) < 4.78 is 0. The van der Waals surface area contributed by atoms with Gasteiger partial charge in [0.05, 0.1) is 0 Å². The molecule has 0 spiro atoms. The summed E-state index contributed by atoms with van der Waals surface area (Å²) in [4.78, 5) is 24.2. The van der Waals surface area contributed by atoms with E-state index in [1.807, 2.05) is 62.4 Å². The lowest BCUT2D eigenvalue weighted by atomic mass is 9.98. The van der Waals surface area contributed by atoms with Gasteiger partial charge in [0.2, 0.25) is 5.91 Å². The molecule has 3 N–H and O–H groups in total. The molecule has 0 aliphatic rings. The Morgan fingerprint density at radius 3 is 2.22 bits per heavy atom. The Hall–Kier alpha value is -2.62. The zero-order chi connectivity index (χ0) is 16.8. The van der Waals surface area contributed by atoms with Crippen molar-refractivity contribution in [2.24, 2.45) is 11.7 Å². The van der Waals surface area contributed by atoms with Crippen LogP contribution in [0.4, 0.5) is 0 Å². The molecule has 2 aromatic carbocycles. The van der Waals surface area contributed by atoms with Crippen LogP contribution >= 0.6 is 0 Å². The van der Waals surface area contributed by atoms with Gasteiger partial charge in [-0.15, -0.1) is 0 Å². The molecule has 0 saturated carbocycles. The van der Waals surface area contributed by atoms with Crippen LogP contribution in [0.5, 0.6) is 0 Å². The van der Waals surface area contributed by atoms with Crippen LogP contribution in [0.1, 0.15) is 30.6 Å². The lowest BCUT2D eigenvalue weighted by Gasteiger charge is -2.18. The van der Waals surface area contributed by atoms with Crippen molar-refractivity contribution in [3.8, 4) is 11.1 Å². The molecule has 1 unspecified atom stereocenters. The van der Waals surface area contributed by atoms with E-state index in [1.165, 1.54) is 0 Å². The summed E-state index contributed by atoms with van der Waals surface area (Å²) in [6.45, 7) is 3.97. The average molecular weight is 310 g/mol. The van der Waals surface area contributed by atoms with Gasteiger partial charge < -0.3 is 11.1 Å². The SMILES string of the molecule is CC(C)CC(NC(=O)c1ccccc1-c1ccccc1)C(N)=O. The summed E-state index contributed by atoms with van der Waals surface area (Å²) in [6, 6.07) is 16.4. The maximum Gasteiger partial charge on any atom is 0.252 e. The van der Waals surface area contributed by atoms with Crippen LogP contribution in [-0.4, -0.2) is 17.9 Å². The quantitative estimate of drug-likeness (QED) is 0.861. The molecule has 0 radical (unpaired) electrons. The number of nitrogens with one attached hydrogen (secondary N) is 1. The van der Waals surface area contributed by atoms with Crippen LogP contribution in [0.15, 0.2) is 54.6 Å². The molecule has 0 bridgehead atoms. The summed E-state index contributed by atoms with van der Waals surface area (Å²) in [5.41, 5.74) is 7.73. The van der Waals surface area contributed by atoms with Crippen LogP contribution in [0.2, 0.25) is 0 Å². The number of nitrogens with two attached hydrogens (primary N) is 1. The second-order valence-corrected chi connectivity index (χ2v) is 5.97. The summed E-state index contributed by atoms with van der Waals surface area (Å²) in [6.07, 6.45) is 0.522. The molecule has 23 heavy (non-hydrogen) atoms. The molecular weight excluding hydrogens is 288 g/mol. The van der Waals surface area contributed by atoms with Gasteiger partial charge in [0.15, 0.2) is 0 Å². The lowest BCUT2D eigenvalue weighted by molar-refractivity contribution is -0.120. The highest BCUT2D eigenvalue weighted by atomic mass is 16.2. The molecule has 4 nitrogen and oxygen atoms in total. The van der Waals surface area contributed by atoms with Crippen molar-refractivity contribution in [2.45, 2.75) is 26.3 Å². The monoisotopic (exact) mass is 310 g/mol. The van der Waals surface area contributed by atoms with Crippen molar-refractivity contribution in [3.05, 3.63) is 60.2 Å². The van der Waals surface area contributed by atoms with Crippen LogP contribution in [0.3, 0.4) is 0 Å². The van der Waals surface area contributed by atoms with Gasteiger partial charge in [0.25, 0.3) is 5.91 Å². The van der Waals surface area contributed by atoms with Gasteiger partial charge in [-0.1, -0.05) is 62.4 Å². The zero-order valence-corrected chi connectivity index (χ0v) is 13.5. The second-order valence-electron chi connectivity index (χ2n) is 5.97. The van der Waals surface area contributed by atoms with Crippen LogP contribution in [0, 0.1) is 5.92 Å². The first-order valence-corrected chi connectivity index (χ1v) is 7.73. The summed E-state index contributed by atoms with van der Waals surface area (Å²) in [5, 5.41) is 2.76. The first-order chi connectivity index (χ1) is 11.0. The van der Waals surface area contributed by atoms with Crippen LogP contribution < -0.4 is 11.1 Å². The standard InChI is InChI=1S/C19H22N2O2/c1-13(2)12-17(18(20)22)21-19(23)16-11-7-6-10-15(16)14-8-4-3-5-9-14/h3-11,13,17H,12H2,1-2H3,(H2,20,22)(H,21,23). The molecule has 0 aliphatic heterocycles. The summed E-state index contributed by atoms with van der Waals surface area (Å²) in [5.74, 6) is -0.532. The third kappa shape index (κ3) is 4.42. The van der Waals surface area contributed by atoms with Crippen molar-refractivity contribution in [1.29, 1.82) is 0 Å². The number of rotatable bonds is 6. The molecule has 2 aromatic rings. The third-order valence-electron chi connectivity index (χ3n) is 3.61. The Balaban J connectivity index is 2.28. The molecule has 2 rings (SSSR count). The average Bonchev–Trinajstić information content (AvgIpc) is 2.54. The van der Waals surface area contributed by atoms with Gasteiger partial charge >= 0.3 is 0 Å². The Labute approximate surface area is 136 Å². The molecular formula is C19H22N2O2. The largest absolute Gasteiger partial charge is 0.368 e. The zero-order valence-electron chi connectivity index (χ0n) is 13.5. The van der Waals surface area contributed by atoms with Crippen molar-refractivity contribution >= 4 is 11.8 Å². The van der Waals surface area contributed by atoms with E-state index in [4.69, 9.17) is 5.73 Å². The van der Waals surface area contributed by atoms with Crippen molar-refractivity contribution in [2.75, 3.05) is 0 Å². The minimum Gasteiger partial charge on any atom is -0.368 e. The highest BCUT2D eigenvalue weighted by molar-refractivity contribution is 6.02. The Morgan fingerprint density at radius 1 is 1.00 bits per heavy atom. The molecule has 0 fully saturated rings. The molecule has 1 atom stereocenters. The summed E-state index contributed by atoms with van der Waals surface area (Å²) >= 11 is 0. The smallest absolute Gasteiger partial charge is 0.252 e. The van der Waals surface area contributed by atoms with Crippen LogP contribution in [0.25, 0.3) is 11.1 Å². The van der Waals surface area contributed by atoms with Crippen molar-refractivity contribution < 1.29 is 9.59 Å². The van der Waals surface area contributed by atoms with E-state index in [-0.39, 0.29) is 11.8 Å². The van der Waals surface area contributed by atoms with Gasteiger partial charge in [0.1, 0.15) is 6.04 Å². The molecule has 0 aliphatic carbocycles. The maximum absolute atomic E-state index is 12.6. The lowest BCUT2D eigenvalue weighted by Crippen LogP contribution is -2.45. The number of amides is 2.